The molecule has 2 amide bonds. The van der Waals surface area contributed by atoms with E-state index in [1.807, 2.05) is 0 Å². The van der Waals surface area contributed by atoms with Crippen LogP contribution in [0.2, 0.25) is 0 Å². The maximum absolute atomic E-state index is 12.0. The molecular formula is C15H15N3O5. The second kappa shape index (κ2) is 6.82. The molecule has 23 heavy (non-hydrogen) atoms. The number of nitrogens with one attached hydrogen (secondary N) is 2. The van der Waals surface area contributed by atoms with Crippen LogP contribution in [0, 0.1) is 5.92 Å². The van der Waals surface area contributed by atoms with Crippen LogP contribution in [0.3, 0.4) is 0 Å². The van der Waals surface area contributed by atoms with Crippen molar-refractivity contribution >= 4 is 28.6 Å². The highest BCUT2D eigenvalue weighted by Crippen LogP contribution is 2.13. The van der Waals surface area contributed by atoms with Crippen LogP contribution in [0.5, 0.6) is 0 Å². The highest BCUT2D eigenvalue weighted by atomic mass is 16.5. The van der Waals surface area contributed by atoms with E-state index in [-0.39, 0.29) is 17.0 Å². The molecule has 0 spiro atoms. The number of hydrogen-bond acceptors (Lipinski definition) is 6. The molecule has 0 radical (unpaired) electrons. The Bertz CT molecular complexity index is 825. The molecule has 0 saturated heterocycles. The third-order valence-electron chi connectivity index (χ3n) is 3.01. The summed E-state index contributed by atoms with van der Waals surface area (Å²) in [7, 11) is 0. The van der Waals surface area contributed by atoms with E-state index in [9.17, 15) is 19.2 Å². The van der Waals surface area contributed by atoms with Gasteiger partial charge in [-0.25, -0.2) is 9.89 Å². The van der Waals surface area contributed by atoms with Crippen LogP contribution in [0.25, 0.3) is 10.8 Å². The molecule has 2 aromatic rings. The van der Waals surface area contributed by atoms with Gasteiger partial charge in [-0.15, -0.1) is 0 Å². The minimum Gasteiger partial charge on any atom is -0.451 e. The Hall–Kier alpha value is -3.03. The smallest absolute Gasteiger partial charge is 0.359 e. The number of H-pyrrole nitrogens is 1. The SMILES string of the molecule is CC(C)C(=O)NC(=O)COC(=O)c1n[nH]c(=O)c2ccccc12. The van der Waals surface area contributed by atoms with Gasteiger partial charge in [-0.1, -0.05) is 32.0 Å². The van der Waals surface area contributed by atoms with E-state index >= 15 is 0 Å². The second-order valence-electron chi connectivity index (χ2n) is 5.09. The maximum Gasteiger partial charge on any atom is 0.359 e. The molecule has 2 rings (SSSR count). The maximum atomic E-state index is 12.0. The van der Waals surface area contributed by atoms with Gasteiger partial charge in [0.15, 0.2) is 12.3 Å². The molecule has 0 aliphatic rings. The quantitative estimate of drug-likeness (QED) is 0.787. The van der Waals surface area contributed by atoms with Gasteiger partial charge in [-0.2, -0.15) is 5.10 Å². The number of aromatic nitrogens is 2. The van der Waals surface area contributed by atoms with Crippen molar-refractivity contribution in [3.05, 3.63) is 40.3 Å². The van der Waals surface area contributed by atoms with Gasteiger partial charge in [0, 0.05) is 11.3 Å². The molecule has 0 bridgehead atoms. The largest absolute Gasteiger partial charge is 0.451 e. The molecule has 0 atom stereocenters. The van der Waals surface area contributed by atoms with Crippen LogP contribution < -0.4 is 10.9 Å². The molecule has 8 nitrogen and oxygen atoms in total. The van der Waals surface area contributed by atoms with Gasteiger partial charge < -0.3 is 4.74 Å². The number of hydrogen-bond donors (Lipinski definition) is 2. The Morgan fingerprint density at radius 1 is 1.22 bits per heavy atom. The zero-order chi connectivity index (χ0) is 17.0. The lowest BCUT2D eigenvalue weighted by Gasteiger charge is -2.08. The monoisotopic (exact) mass is 317 g/mol. The van der Waals surface area contributed by atoms with Gasteiger partial charge in [0.2, 0.25) is 5.91 Å². The van der Waals surface area contributed by atoms with Gasteiger partial charge >= 0.3 is 5.97 Å². The van der Waals surface area contributed by atoms with Crippen LogP contribution in [0.1, 0.15) is 24.3 Å². The van der Waals surface area contributed by atoms with Crippen molar-refractivity contribution in [2.24, 2.45) is 5.92 Å². The van der Waals surface area contributed by atoms with E-state index in [1.54, 1.807) is 38.1 Å². The summed E-state index contributed by atoms with van der Waals surface area (Å²) >= 11 is 0. The Morgan fingerprint density at radius 3 is 2.52 bits per heavy atom. The number of amides is 2. The molecule has 2 N–H and O–H groups in total. The summed E-state index contributed by atoms with van der Waals surface area (Å²) < 4.78 is 4.83. The van der Waals surface area contributed by atoms with Crippen molar-refractivity contribution < 1.29 is 19.1 Å². The number of nitrogens with zero attached hydrogens (tertiary/aromatic N) is 1. The average Bonchev–Trinajstić information content (AvgIpc) is 2.53. The van der Waals surface area contributed by atoms with E-state index in [0.29, 0.717) is 5.39 Å². The first-order chi connectivity index (χ1) is 10.9. The lowest BCUT2D eigenvalue weighted by Crippen LogP contribution is -2.36. The molecule has 0 aliphatic carbocycles. The van der Waals surface area contributed by atoms with E-state index in [0.717, 1.165) is 0 Å². The van der Waals surface area contributed by atoms with Crippen LogP contribution in [-0.4, -0.2) is 34.6 Å². The normalized spacial score (nSPS) is 10.6. The first-order valence-corrected chi connectivity index (χ1v) is 6.88. The van der Waals surface area contributed by atoms with Crippen molar-refractivity contribution in [3.8, 4) is 0 Å². The van der Waals surface area contributed by atoms with Gasteiger partial charge in [0.1, 0.15) is 0 Å². The number of rotatable bonds is 4. The predicted octanol–water partition coefficient (Wildman–Crippen LogP) is 0.379. The molecule has 0 unspecified atom stereocenters. The number of fused-ring (bicyclic) bond motifs is 1. The Balaban J connectivity index is 2.10. The lowest BCUT2D eigenvalue weighted by molar-refractivity contribution is -0.133. The summed E-state index contributed by atoms with van der Waals surface area (Å²) in [4.78, 5) is 46.5. The Labute approximate surface area is 130 Å². The fourth-order valence-electron chi connectivity index (χ4n) is 1.79. The van der Waals surface area contributed by atoms with Crippen molar-refractivity contribution in [2.45, 2.75) is 13.8 Å². The highest BCUT2D eigenvalue weighted by Gasteiger charge is 2.18. The third kappa shape index (κ3) is 3.79. The number of imide groups is 1. The summed E-state index contributed by atoms with van der Waals surface area (Å²) in [5.74, 6) is -2.42. The molecule has 1 aromatic carbocycles. The van der Waals surface area contributed by atoms with Crippen LogP contribution >= 0.6 is 0 Å². The number of benzene rings is 1. The van der Waals surface area contributed by atoms with E-state index < -0.39 is 29.9 Å². The van der Waals surface area contributed by atoms with Crippen LogP contribution in [-0.2, 0) is 14.3 Å². The molecule has 0 fully saturated rings. The summed E-state index contributed by atoms with van der Waals surface area (Å²) in [6.45, 7) is 2.64. The van der Waals surface area contributed by atoms with E-state index in [2.05, 4.69) is 15.5 Å². The molecular weight excluding hydrogens is 302 g/mol. The Morgan fingerprint density at radius 2 is 1.87 bits per heavy atom. The van der Waals surface area contributed by atoms with Crippen LogP contribution in [0.15, 0.2) is 29.1 Å². The lowest BCUT2D eigenvalue weighted by atomic mass is 10.1. The zero-order valence-corrected chi connectivity index (χ0v) is 12.6. The summed E-state index contributed by atoms with van der Waals surface area (Å²) in [6, 6.07) is 6.39. The topological polar surface area (TPSA) is 118 Å². The van der Waals surface area contributed by atoms with Crippen molar-refractivity contribution in [2.75, 3.05) is 6.61 Å². The summed E-state index contributed by atoms with van der Waals surface area (Å²) in [6.07, 6.45) is 0. The fourth-order valence-corrected chi connectivity index (χ4v) is 1.79. The first kappa shape index (κ1) is 16.3. The third-order valence-corrected chi connectivity index (χ3v) is 3.01. The number of ether oxygens (including phenoxy) is 1. The Kier molecular flexibility index (Phi) is 4.85. The van der Waals surface area contributed by atoms with E-state index in [4.69, 9.17) is 4.74 Å². The number of carbonyl (C=O) groups excluding carboxylic acids is 3. The fraction of sp³-hybridized carbons (Fsp3) is 0.267. The minimum atomic E-state index is -0.871. The molecule has 0 saturated carbocycles. The summed E-state index contributed by atoms with van der Waals surface area (Å²) in [5, 5.41) is 8.56. The van der Waals surface area contributed by atoms with Crippen molar-refractivity contribution in [1.82, 2.24) is 15.5 Å². The van der Waals surface area contributed by atoms with E-state index in [1.165, 1.54) is 0 Å². The van der Waals surface area contributed by atoms with Crippen molar-refractivity contribution in [1.29, 1.82) is 0 Å². The molecule has 0 aliphatic heterocycles. The number of esters is 1. The molecule has 1 heterocycles. The zero-order valence-electron chi connectivity index (χ0n) is 12.6. The summed E-state index contributed by atoms with van der Waals surface area (Å²) in [5.41, 5.74) is -0.541. The minimum absolute atomic E-state index is 0.108. The standard InChI is InChI=1S/C15H15N3O5/c1-8(2)13(20)16-11(19)7-23-15(22)12-9-5-3-4-6-10(9)14(21)18-17-12/h3-6,8H,7H2,1-2H3,(H,18,21)(H,16,19,20). The van der Waals surface area contributed by atoms with Crippen molar-refractivity contribution in [3.63, 3.8) is 0 Å². The average molecular weight is 317 g/mol. The van der Waals surface area contributed by atoms with Gasteiger partial charge in [0.05, 0.1) is 5.39 Å². The van der Waals surface area contributed by atoms with Gasteiger partial charge in [0.25, 0.3) is 11.5 Å². The molecule has 8 heteroatoms. The first-order valence-electron chi connectivity index (χ1n) is 6.88. The number of aromatic amines is 1. The molecule has 120 valence electrons. The highest BCUT2D eigenvalue weighted by molar-refractivity contribution is 6.03. The predicted molar refractivity (Wildman–Crippen MR) is 80.6 cm³/mol. The molecule has 1 aromatic heterocycles. The second-order valence-corrected chi connectivity index (χ2v) is 5.09. The van der Waals surface area contributed by atoms with Crippen LogP contribution in [0.4, 0.5) is 0 Å². The van der Waals surface area contributed by atoms with Gasteiger partial charge in [-0.05, 0) is 6.07 Å². The number of carbonyl (C=O) groups is 3. The van der Waals surface area contributed by atoms with Gasteiger partial charge in [-0.3, -0.25) is 19.7 Å².